The molecule has 2 heterocycles. The van der Waals surface area contributed by atoms with E-state index in [2.05, 4.69) is 5.32 Å². The quantitative estimate of drug-likeness (QED) is 0.526. The van der Waals surface area contributed by atoms with E-state index in [0.717, 1.165) is 23.2 Å². The maximum absolute atomic E-state index is 11.1. The molecule has 6 nitrogen and oxygen atoms in total. The molecule has 0 amide bonds. The third-order valence-corrected chi connectivity index (χ3v) is 3.23. The Morgan fingerprint density at radius 2 is 2.00 bits per heavy atom. The van der Waals surface area contributed by atoms with Crippen LogP contribution in [-0.4, -0.2) is 15.8 Å². The highest BCUT2D eigenvalue weighted by Gasteiger charge is 2.20. The number of carbonyl (C=O) groups is 1. The summed E-state index contributed by atoms with van der Waals surface area (Å²) < 4.78 is 1.87. The molecule has 0 spiro atoms. The molecule has 3 rings (SSSR count). The van der Waals surface area contributed by atoms with Crippen LogP contribution in [0.5, 0.6) is 0 Å². The van der Waals surface area contributed by atoms with Gasteiger partial charge < -0.3 is 14.7 Å². The molecule has 0 aliphatic carbocycles. The van der Waals surface area contributed by atoms with Gasteiger partial charge in [-0.3, -0.25) is 10.1 Å². The second-order valence-electron chi connectivity index (χ2n) is 4.45. The van der Waals surface area contributed by atoms with Crippen molar-refractivity contribution in [3.05, 3.63) is 64.0 Å². The van der Waals surface area contributed by atoms with E-state index in [0.29, 0.717) is 0 Å². The third kappa shape index (κ3) is 1.97. The van der Waals surface area contributed by atoms with Crippen molar-refractivity contribution in [2.75, 3.05) is 0 Å². The summed E-state index contributed by atoms with van der Waals surface area (Å²) in [7, 11) is 0. The van der Waals surface area contributed by atoms with Crippen molar-refractivity contribution in [3.63, 3.8) is 0 Å². The second-order valence-corrected chi connectivity index (χ2v) is 4.45. The van der Waals surface area contributed by atoms with Gasteiger partial charge in [0, 0.05) is 24.5 Å². The lowest BCUT2D eigenvalue weighted by Crippen LogP contribution is -2.27. The van der Waals surface area contributed by atoms with E-state index in [1.807, 2.05) is 29.1 Å². The van der Waals surface area contributed by atoms with Crippen molar-refractivity contribution >= 4 is 23.9 Å². The van der Waals surface area contributed by atoms with E-state index in [1.54, 1.807) is 12.1 Å². The van der Waals surface area contributed by atoms with Crippen LogP contribution in [0, 0.1) is 10.1 Å². The maximum atomic E-state index is 11.1. The van der Waals surface area contributed by atoms with Gasteiger partial charge in [-0.2, -0.15) is 0 Å². The number of nitro groups is 1. The van der Waals surface area contributed by atoms with Gasteiger partial charge in [-0.05, 0) is 29.8 Å². The van der Waals surface area contributed by atoms with Gasteiger partial charge >= 0.3 is 0 Å². The summed E-state index contributed by atoms with van der Waals surface area (Å²) >= 11 is 0. The predicted octanol–water partition coefficient (Wildman–Crippen LogP) is 2.20. The van der Waals surface area contributed by atoms with Crippen LogP contribution in [-0.2, 0) is 4.79 Å². The number of nitrogens with one attached hydrogen (secondary N) is 1. The normalized spacial score (nSPS) is 16.8. The number of rotatable bonds is 3. The minimum absolute atomic E-state index is 0.0405. The van der Waals surface area contributed by atoms with E-state index < -0.39 is 11.0 Å². The third-order valence-electron chi connectivity index (χ3n) is 3.23. The van der Waals surface area contributed by atoms with Crippen LogP contribution in [0.1, 0.15) is 17.3 Å². The molecule has 0 saturated carbocycles. The van der Waals surface area contributed by atoms with Crippen LogP contribution in [0.2, 0.25) is 0 Å². The van der Waals surface area contributed by atoms with Gasteiger partial charge in [-0.1, -0.05) is 0 Å². The lowest BCUT2D eigenvalue weighted by molar-refractivity contribution is -0.384. The topological polar surface area (TPSA) is 77.2 Å². The van der Waals surface area contributed by atoms with Crippen molar-refractivity contribution in [2.24, 2.45) is 0 Å². The van der Waals surface area contributed by atoms with Gasteiger partial charge in [0.15, 0.2) is 0 Å². The summed E-state index contributed by atoms with van der Waals surface area (Å²) in [6.07, 6.45) is 4.55. The van der Waals surface area contributed by atoms with Crippen LogP contribution in [0.3, 0.4) is 0 Å². The highest BCUT2D eigenvalue weighted by atomic mass is 16.6. The Hall–Kier alpha value is -2.89. The van der Waals surface area contributed by atoms with Crippen LogP contribution in [0.25, 0.3) is 11.9 Å². The largest absolute Gasteiger partial charge is 0.369 e. The molecule has 1 unspecified atom stereocenters. The van der Waals surface area contributed by atoms with Crippen molar-refractivity contribution in [1.82, 2.24) is 9.88 Å². The molecule has 100 valence electrons. The second kappa shape index (κ2) is 4.65. The number of carbonyl (C=O) groups excluding carboxylic acids is 1. The van der Waals surface area contributed by atoms with Crippen LogP contribution >= 0.6 is 0 Å². The fourth-order valence-corrected chi connectivity index (χ4v) is 2.23. The Labute approximate surface area is 114 Å². The SMILES string of the molecule is O=CC1NC(c2ccc([N+](=O)[O-])cc2)=Cn2cccc21. The highest BCUT2D eigenvalue weighted by molar-refractivity contribution is 5.80. The number of nitro benzene ring substituents is 1. The Morgan fingerprint density at radius 1 is 1.25 bits per heavy atom. The lowest BCUT2D eigenvalue weighted by atomic mass is 10.1. The molecule has 20 heavy (non-hydrogen) atoms. The van der Waals surface area contributed by atoms with Crippen molar-refractivity contribution in [3.8, 4) is 0 Å². The van der Waals surface area contributed by atoms with E-state index in [1.165, 1.54) is 12.1 Å². The van der Waals surface area contributed by atoms with Crippen LogP contribution in [0.15, 0.2) is 42.6 Å². The molecule has 1 aliphatic rings. The fourth-order valence-electron chi connectivity index (χ4n) is 2.23. The molecule has 1 N–H and O–H groups in total. The van der Waals surface area contributed by atoms with Gasteiger partial charge in [0.1, 0.15) is 12.3 Å². The molecule has 0 saturated heterocycles. The number of benzene rings is 1. The average Bonchev–Trinajstić information content (AvgIpc) is 2.94. The fraction of sp³-hybridized carbons (Fsp3) is 0.0714. The smallest absolute Gasteiger partial charge is 0.269 e. The maximum Gasteiger partial charge on any atom is 0.269 e. The molecule has 6 heteroatoms. The molecule has 1 aromatic heterocycles. The Balaban J connectivity index is 1.99. The van der Waals surface area contributed by atoms with E-state index in [4.69, 9.17) is 0 Å². The van der Waals surface area contributed by atoms with Crippen molar-refractivity contribution < 1.29 is 9.72 Å². The molecule has 1 aliphatic heterocycles. The summed E-state index contributed by atoms with van der Waals surface area (Å²) in [6.45, 7) is 0. The Bertz CT molecular complexity index is 701. The first-order chi connectivity index (χ1) is 9.69. The molecule has 2 aromatic rings. The number of hydrogen-bond acceptors (Lipinski definition) is 4. The van der Waals surface area contributed by atoms with Gasteiger partial charge in [-0.15, -0.1) is 0 Å². The van der Waals surface area contributed by atoms with Crippen LogP contribution in [0.4, 0.5) is 5.69 Å². The number of nitrogens with zero attached hydrogens (tertiary/aromatic N) is 2. The molecule has 0 radical (unpaired) electrons. The standard InChI is InChI=1S/C14H11N3O3/c18-9-13-14-2-1-7-16(14)8-12(15-13)10-3-5-11(6-4-10)17(19)20/h1-9,13,15H. The summed E-state index contributed by atoms with van der Waals surface area (Å²) in [4.78, 5) is 21.3. The van der Waals surface area contributed by atoms with Gasteiger partial charge in [0.2, 0.25) is 0 Å². The van der Waals surface area contributed by atoms with E-state index in [9.17, 15) is 14.9 Å². The lowest BCUT2D eigenvalue weighted by Gasteiger charge is -2.23. The molecular formula is C14H11N3O3. The van der Waals surface area contributed by atoms with Crippen molar-refractivity contribution in [2.45, 2.75) is 6.04 Å². The zero-order valence-electron chi connectivity index (χ0n) is 10.4. The molecule has 0 bridgehead atoms. The summed E-state index contributed by atoms with van der Waals surface area (Å²) in [5, 5.41) is 13.8. The van der Waals surface area contributed by atoms with Gasteiger partial charge in [0.05, 0.1) is 16.3 Å². The molecule has 1 atom stereocenters. The Kier molecular flexibility index (Phi) is 2.83. The number of aldehydes is 1. The summed E-state index contributed by atoms with van der Waals surface area (Å²) in [5.74, 6) is 0. The number of hydrogen-bond donors (Lipinski definition) is 1. The van der Waals surface area contributed by atoms with E-state index in [-0.39, 0.29) is 5.69 Å². The minimum atomic E-state index is -0.440. The zero-order valence-corrected chi connectivity index (χ0v) is 10.4. The van der Waals surface area contributed by atoms with Crippen molar-refractivity contribution in [1.29, 1.82) is 0 Å². The zero-order chi connectivity index (χ0) is 14.1. The minimum Gasteiger partial charge on any atom is -0.369 e. The van der Waals surface area contributed by atoms with Gasteiger partial charge in [-0.25, -0.2) is 0 Å². The first kappa shape index (κ1) is 12.2. The van der Waals surface area contributed by atoms with Gasteiger partial charge in [0.25, 0.3) is 5.69 Å². The number of fused-ring (bicyclic) bond motifs is 1. The highest BCUT2D eigenvalue weighted by Crippen LogP contribution is 2.26. The monoisotopic (exact) mass is 269 g/mol. The van der Waals surface area contributed by atoms with E-state index >= 15 is 0 Å². The molecule has 1 aromatic carbocycles. The Morgan fingerprint density at radius 3 is 2.65 bits per heavy atom. The molecule has 0 fully saturated rings. The summed E-state index contributed by atoms with van der Waals surface area (Å²) in [5.41, 5.74) is 2.45. The average molecular weight is 269 g/mol. The van der Waals surface area contributed by atoms with Crippen LogP contribution < -0.4 is 5.32 Å². The number of aromatic nitrogens is 1. The molecular weight excluding hydrogens is 258 g/mol. The number of non-ortho nitro benzene ring substituents is 1. The summed E-state index contributed by atoms with van der Waals surface area (Å²) in [6, 6.07) is 9.52. The first-order valence-corrected chi connectivity index (χ1v) is 6.04. The first-order valence-electron chi connectivity index (χ1n) is 6.04. The predicted molar refractivity (Wildman–Crippen MR) is 73.6 cm³/mol.